The Morgan fingerprint density at radius 3 is 2.53 bits per heavy atom. The van der Waals surface area contributed by atoms with Gasteiger partial charge in [-0.05, 0) is 55.2 Å². The van der Waals surface area contributed by atoms with Gasteiger partial charge in [0, 0.05) is 16.0 Å². The second-order valence-electron chi connectivity index (χ2n) is 6.85. The minimum absolute atomic E-state index is 0.146. The molecule has 0 fully saturated rings. The van der Waals surface area contributed by atoms with Gasteiger partial charge in [0.1, 0.15) is 5.75 Å². The van der Waals surface area contributed by atoms with Gasteiger partial charge in [0.25, 0.3) is 0 Å². The van der Waals surface area contributed by atoms with Crippen molar-refractivity contribution in [1.29, 1.82) is 0 Å². The molecule has 0 radical (unpaired) electrons. The van der Waals surface area contributed by atoms with Crippen LogP contribution in [0.3, 0.4) is 0 Å². The number of allylic oxidation sites excluding steroid dienone is 1. The minimum atomic E-state index is -1.48. The molecule has 0 saturated carbocycles. The Labute approximate surface area is 185 Å². The number of aliphatic hydroxyl groups is 2. The second-order valence-corrected chi connectivity index (χ2v) is 7.77. The fourth-order valence-electron chi connectivity index (χ4n) is 3.16. The van der Waals surface area contributed by atoms with Crippen LogP contribution in [0.5, 0.6) is 5.75 Å². The summed E-state index contributed by atoms with van der Waals surface area (Å²) < 4.78 is 5.68. The first-order valence-corrected chi connectivity index (χ1v) is 10.6. The van der Waals surface area contributed by atoms with Crippen LogP contribution in [0.1, 0.15) is 30.9 Å². The topological polar surface area (TPSA) is 87.0 Å². The van der Waals surface area contributed by atoms with E-state index in [0.29, 0.717) is 12.0 Å². The Morgan fingerprint density at radius 1 is 1.20 bits per heavy atom. The molecule has 30 heavy (non-hydrogen) atoms. The van der Waals surface area contributed by atoms with Crippen molar-refractivity contribution in [3.05, 3.63) is 76.8 Å². The third-order valence-corrected chi connectivity index (χ3v) is 5.28. The quantitative estimate of drug-likeness (QED) is 0.267. The molecule has 0 amide bonds. The first kappa shape index (κ1) is 23.9. The molecule has 0 heterocycles. The predicted molar refractivity (Wildman–Crippen MR) is 122 cm³/mol. The second kappa shape index (κ2) is 11.7. The van der Waals surface area contributed by atoms with E-state index < -0.39 is 24.1 Å². The Morgan fingerprint density at radius 2 is 1.90 bits per heavy atom. The smallest absolute Gasteiger partial charge is 0.335 e. The van der Waals surface area contributed by atoms with E-state index in [2.05, 4.69) is 22.5 Å². The lowest BCUT2D eigenvalue weighted by molar-refractivity contribution is -0.157. The molecule has 0 aliphatic carbocycles. The molecular formula is C24H27BrO5. The fourth-order valence-corrected chi connectivity index (χ4v) is 3.54. The number of halogens is 1. The van der Waals surface area contributed by atoms with Crippen molar-refractivity contribution >= 4 is 33.5 Å². The third-order valence-electron chi connectivity index (χ3n) is 4.78. The van der Waals surface area contributed by atoms with Crippen LogP contribution in [0, 0.1) is 5.92 Å². The lowest BCUT2D eigenvalue weighted by atomic mass is 9.89. The van der Waals surface area contributed by atoms with E-state index in [1.165, 1.54) is 6.08 Å². The van der Waals surface area contributed by atoms with Crippen molar-refractivity contribution in [2.45, 2.75) is 32.0 Å². The summed E-state index contributed by atoms with van der Waals surface area (Å²) in [6, 6.07) is 14.8. The highest BCUT2D eigenvalue weighted by Crippen LogP contribution is 2.30. The molecule has 0 spiro atoms. The zero-order valence-electron chi connectivity index (χ0n) is 16.9. The number of phenolic OH excluding ortho intramolecular Hbond substituents is 1. The number of hydrogen-bond donors (Lipinski definition) is 3. The number of esters is 1. The lowest BCUT2D eigenvalue weighted by Crippen LogP contribution is -2.37. The molecule has 2 aromatic rings. The molecule has 6 heteroatoms. The van der Waals surface area contributed by atoms with Crippen molar-refractivity contribution in [3.63, 3.8) is 0 Å². The monoisotopic (exact) mass is 474 g/mol. The van der Waals surface area contributed by atoms with E-state index in [0.717, 1.165) is 15.6 Å². The van der Waals surface area contributed by atoms with E-state index in [9.17, 15) is 20.1 Å². The van der Waals surface area contributed by atoms with Gasteiger partial charge < -0.3 is 20.1 Å². The molecule has 160 valence electrons. The summed E-state index contributed by atoms with van der Waals surface area (Å²) in [6.07, 6.45) is 1.51. The molecule has 0 unspecified atom stereocenters. The van der Waals surface area contributed by atoms with Crippen LogP contribution in [-0.4, -0.2) is 40.1 Å². The van der Waals surface area contributed by atoms with Crippen LogP contribution in [0.4, 0.5) is 0 Å². The number of carbonyl (C=O) groups is 1. The predicted octanol–water partition coefficient (Wildman–Crippen LogP) is 4.56. The van der Waals surface area contributed by atoms with E-state index in [-0.39, 0.29) is 18.8 Å². The van der Waals surface area contributed by atoms with Gasteiger partial charge >= 0.3 is 5.97 Å². The van der Waals surface area contributed by atoms with Crippen molar-refractivity contribution in [2.75, 3.05) is 6.61 Å². The number of hydrogen-bond acceptors (Lipinski definition) is 5. The van der Waals surface area contributed by atoms with Gasteiger partial charge in [0.15, 0.2) is 6.10 Å². The molecule has 0 saturated heterocycles. The summed E-state index contributed by atoms with van der Waals surface area (Å²) >= 11 is 3.41. The molecule has 0 bridgehead atoms. The van der Waals surface area contributed by atoms with Crippen LogP contribution in [0.25, 0.3) is 11.6 Å². The van der Waals surface area contributed by atoms with Crippen molar-refractivity contribution < 1.29 is 24.9 Å². The number of rotatable bonds is 10. The SMILES string of the molecule is C=C[C@H]([C@H](O)CC/C(=C/c1cc(Br)ccc1O)c1ccccc1)[C@H](O)C(=O)OCC. The van der Waals surface area contributed by atoms with E-state index in [1.54, 1.807) is 19.1 Å². The van der Waals surface area contributed by atoms with E-state index in [1.807, 2.05) is 42.5 Å². The van der Waals surface area contributed by atoms with Gasteiger partial charge in [-0.2, -0.15) is 0 Å². The highest BCUT2D eigenvalue weighted by atomic mass is 79.9. The maximum atomic E-state index is 11.8. The molecular weight excluding hydrogens is 448 g/mol. The van der Waals surface area contributed by atoms with Gasteiger partial charge in [-0.15, -0.1) is 6.58 Å². The largest absolute Gasteiger partial charge is 0.507 e. The van der Waals surface area contributed by atoms with Gasteiger partial charge in [-0.3, -0.25) is 0 Å². The first-order chi connectivity index (χ1) is 14.4. The number of aromatic hydroxyl groups is 1. The Kier molecular flexibility index (Phi) is 9.30. The van der Waals surface area contributed by atoms with Crippen LogP contribution in [0.15, 0.2) is 65.7 Å². The summed E-state index contributed by atoms with van der Waals surface area (Å²) in [5.74, 6) is -1.48. The standard InChI is InChI=1S/C24H27BrO5/c1-3-20(23(28)24(29)30-4-2)22(27)12-10-17(16-8-6-5-7-9-16)14-18-15-19(25)11-13-21(18)26/h3,5-9,11,13-15,20,22-23,26-28H,1,4,10,12H2,2H3/b17-14-/t20-,22-,23+/m1/s1. The van der Waals surface area contributed by atoms with Gasteiger partial charge in [0.05, 0.1) is 12.7 Å². The van der Waals surface area contributed by atoms with Crippen LogP contribution < -0.4 is 0 Å². The van der Waals surface area contributed by atoms with Gasteiger partial charge in [0.2, 0.25) is 0 Å². The maximum absolute atomic E-state index is 11.8. The average molecular weight is 475 g/mol. The number of phenols is 1. The van der Waals surface area contributed by atoms with Crippen LogP contribution in [0.2, 0.25) is 0 Å². The average Bonchev–Trinajstić information content (AvgIpc) is 2.74. The van der Waals surface area contributed by atoms with Gasteiger partial charge in [-0.1, -0.05) is 52.3 Å². The Bertz CT molecular complexity index is 878. The minimum Gasteiger partial charge on any atom is -0.507 e. The first-order valence-electron chi connectivity index (χ1n) is 9.77. The maximum Gasteiger partial charge on any atom is 0.335 e. The Balaban J connectivity index is 2.24. The zero-order chi connectivity index (χ0) is 22.1. The van der Waals surface area contributed by atoms with E-state index >= 15 is 0 Å². The van der Waals surface area contributed by atoms with Gasteiger partial charge in [-0.25, -0.2) is 4.79 Å². The summed E-state index contributed by atoms with van der Waals surface area (Å²) in [7, 11) is 0. The number of aliphatic hydroxyl groups excluding tert-OH is 2. The zero-order valence-corrected chi connectivity index (χ0v) is 18.5. The summed E-state index contributed by atoms with van der Waals surface area (Å²) in [5, 5.41) is 31.0. The fraction of sp³-hybridized carbons (Fsp3) is 0.292. The third kappa shape index (κ3) is 6.55. The van der Waals surface area contributed by atoms with Crippen molar-refractivity contribution in [3.8, 4) is 5.75 Å². The van der Waals surface area contributed by atoms with Crippen LogP contribution >= 0.6 is 15.9 Å². The normalized spacial score (nSPS) is 14.6. The molecule has 5 nitrogen and oxygen atoms in total. The molecule has 0 aliphatic rings. The molecule has 3 N–H and O–H groups in total. The molecule has 2 aromatic carbocycles. The summed E-state index contributed by atoms with van der Waals surface area (Å²) in [4.78, 5) is 11.8. The van der Waals surface area contributed by atoms with Crippen LogP contribution in [-0.2, 0) is 9.53 Å². The number of benzene rings is 2. The van der Waals surface area contributed by atoms with Crippen molar-refractivity contribution in [1.82, 2.24) is 0 Å². The number of carbonyl (C=O) groups excluding carboxylic acids is 1. The highest BCUT2D eigenvalue weighted by Gasteiger charge is 2.30. The molecule has 2 rings (SSSR count). The van der Waals surface area contributed by atoms with E-state index in [4.69, 9.17) is 4.74 Å². The lowest BCUT2D eigenvalue weighted by Gasteiger charge is -2.24. The van der Waals surface area contributed by atoms with Crippen molar-refractivity contribution in [2.24, 2.45) is 5.92 Å². The number of ether oxygens (including phenoxy) is 1. The molecule has 0 aromatic heterocycles. The summed E-state index contributed by atoms with van der Waals surface area (Å²) in [6.45, 7) is 5.44. The Hall–Kier alpha value is -2.41. The highest BCUT2D eigenvalue weighted by molar-refractivity contribution is 9.10. The molecule has 0 aliphatic heterocycles. The molecule has 3 atom stereocenters. The summed E-state index contributed by atoms with van der Waals surface area (Å²) in [5.41, 5.74) is 2.49.